The monoisotopic (exact) mass is 1130 g/mol. The van der Waals surface area contributed by atoms with Gasteiger partial charge in [-0.3, -0.25) is 14.4 Å². The van der Waals surface area contributed by atoms with Crippen molar-refractivity contribution in [3.05, 3.63) is 146 Å². The molecule has 0 bridgehead atoms. The molecular weight excluding hydrogens is 1010 g/mol. The Hall–Kier alpha value is -4.71. The minimum Gasteiger partial charge on any atom is -0.462 e. The van der Waals surface area contributed by atoms with Gasteiger partial charge in [-0.15, -0.1) is 0 Å². The zero-order chi connectivity index (χ0) is 59.2. The van der Waals surface area contributed by atoms with Crippen molar-refractivity contribution in [2.24, 2.45) is 0 Å². The van der Waals surface area contributed by atoms with E-state index in [1.165, 1.54) is 109 Å². The first kappa shape index (κ1) is 77.3. The van der Waals surface area contributed by atoms with Crippen LogP contribution in [-0.2, 0) is 28.6 Å². The average Bonchev–Trinajstić information content (AvgIpc) is 3.48. The number of unbranched alkanes of at least 4 members (excludes halogenated alkanes) is 25. The van der Waals surface area contributed by atoms with Gasteiger partial charge in [0.2, 0.25) is 0 Å². The summed E-state index contributed by atoms with van der Waals surface area (Å²) in [6, 6.07) is 0. The van der Waals surface area contributed by atoms with E-state index in [2.05, 4.69) is 167 Å². The van der Waals surface area contributed by atoms with Crippen molar-refractivity contribution in [3.8, 4) is 0 Å². The van der Waals surface area contributed by atoms with Gasteiger partial charge in [0.1, 0.15) is 13.2 Å². The molecule has 1 atom stereocenters. The Balaban J connectivity index is 4.26. The molecule has 0 heterocycles. The lowest BCUT2D eigenvalue weighted by Crippen LogP contribution is -2.30. The SMILES string of the molecule is CC/C=C\C/C=C\C/C=C\C/C=C\C/C=C\C/C=C\C/C=C\C/C=C\CCCCCCCCCCC(=O)OCC(COC(=O)CCCCCCCCCCCC)OC(=O)CCCCCCCCCC/C=C\C/C=C\C/C=C\C/C=C\CC. The highest BCUT2D eigenvalue weighted by Crippen LogP contribution is 2.16. The van der Waals surface area contributed by atoms with Crippen molar-refractivity contribution >= 4 is 17.9 Å². The number of rotatable bonds is 60. The van der Waals surface area contributed by atoms with Gasteiger partial charge in [0.25, 0.3) is 0 Å². The molecule has 6 heteroatoms. The number of hydrogen-bond acceptors (Lipinski definition) is 6. The number of carbonyl (C=O) groups is 3. The first-order chi connectivity index (χ1) is 40.5. The summed E-state index contributed by atoms with van der Waals surface area (Å²) < 4.78 is 16.9. The van der Waals surface area contributed by atoms with Crippen LogP contribution in [0.25, 0.3) is 0 Å². The van der Waals surface area contributed by atoms with Crippen molar-refractivity contribution in [2.45, 2.75) is 303 Å². The van der Waals surface area contributed by atoms with Crippen LogP contribution in [0.5, 0.6) is 0 Å². The van der Waals surface area contributed by atoms with E-state index >= 15 is 0 Å². The van der Waals surface area contributed by atoms with Crippen molar-refractivity contribution in [1.29, 1.82) is 0 Å². The maximum absolute atomic E-state index is 12.9. The Morgan fingerprint density at radius 3 is 0.744 bits per heavy atom. The highest BCUT2D eigenvalue weighted by Gasteiger charge is 2.19. The van der Waals surface area contributed by atoms with E-state index in [4.69, 9.17) is 14.2 Å². The van der Waals surface area contributed by atoms with Crippen LogP contribution in [0.4, 0.5) is 0 Å². The molecular formula is C76H124O6. The molecule has 82 heavy (non-hydrogen) atoms. The third kappa shape index (κ3) is 66.1. The predicted molar refractivity (Wildman–Crippen MR) is 357 cm³/mol. The number of esters is 3. The van der Waals surface area contributed by atoms with Crippen molar-refractivity contribution in [2.75, 3.05) is 13.2 Å². The molecule has 0 saturated carbocycles. The lowest BCUT2D eigenvalue weighted by atomic mass is 10.1. The second kappa shape index (κ2) is 68.8. The molecule has 0 spiro atoms. The smallest absolute Gasteiger partial charge is 0.306 e. The summed E-state index contributed by atoms with van der Waals surface area (Å²) in [5.41, 5.74) is 0. The quantitative estimate of drug-likeness (QED) is 0.0261. The Kier molecular flexibility index (Phi) is 64.8. The van der Waals surface area contributed by atoms with Crippen LogP contribution in [-0.4, -0.2) is 37.2 Å². The van der Waals surface area contributed by atoms with Gasteiger partial charge in [-0.2, -0.15) is 0 Å². The highest BCUT2D eigenvalue weighted by molar-refractivity contribution is 5.71. The van der Waals surface area contributed by atoms with E-state index in [-0.39, 0.29) is 31.1 Å². The minimum atomic E-state index is -0.790. The van der Waals surface area contributed by atoms with Gasteiger partial charge < -0.3 is 14.2 Å². The van der Waals surface area contributed by atoms with Gasteiger partial charge in [0, 0.05) is 19.3 Å². The van der Waals surface area contributed by atoms with Gasteiger partial charge in [0.15, 0.2) is 6.10 Å². The van der Waals surface area contributed by atoms with Gasteiger partial charge in [-0.25, -0.2) is 0 Å². The maximum atomic E-state index is 12.9. The van der Waals surface area contributed by atoms with Gasteiger partial charge >= 0.3 is 17.9 Å². The van der Waals surface area contributed by atoms with Crippen molar-refractivity contribution in [3.63, 3.8) is 0 Å². The first-order valence-electron chi connectivity index (χ1n) is 33.8. The van der Waals surface area contributed by atoms with E-state index in [0.29, 0.717) is 19.3 Å². The van der Waals surface area contributed by atoms with E-state index in [1.807, 2.05) is 0 Å². The normalized spacial score (nSPS) is 13.1. The Morgan fingerprint density at radius 2 is 0.476 bits per heavy atom. The summed E-state index contributed by atoms with van der Waals surface area (Å²) >= 11 is 0. The summed E-state index contributed by atoms with van der Waals surface area (Å²) in [6.45, 7) is 6.40. The third-order valence-electron chi connectivity index (χ3n) is 14.1. The Bertz CT molecular complexity index is 1780. The number of carbonyl (C=O) groups excluding carboxylic acids is 3. The molecule has 0 fully saturated rings. The number of ether oxygens (including phenoxy) is 3. The minimum absolute atomic E-state index is 0.0855. The predicted octanol–water partition coefficient (Wildman–Crippen LogP) is 23.5. The Labute approximate surface area is 506 Å². The van der Waals surface area contributed by atoms with Crippen LogP contribution in [0.3, 0.4) is 0 Å². The molecule has 0 amide bonds. The molecule has 0 saturated heterocycles. The number of hydrogen-bond donors (Lipinski definition) is 0. The maximum Gasteiger partial charge on any atom is 0.306 e. The molecule has 0 aromatic heterocycles. The topological polar surface area (TPSA) is 78.9 Å². The molecule has 0 aromatic rings. The summed E-state index contributed by atoms with van der Waals surface area (Å²) in [5, 5.41) is 0. The van der Waals surface area contributed by atoms with E-state index in [0.717, 1.165) is 148 Å². The van der Waals surface area contributed by atoms with Crippen LogP contribution in [0, 0.1) is 0 Å². The molecule has 0 rings (SSSR count). The molecule has 464 valence electrons. The third-order valence-corrected chi connectivity index (χ3v) is 14.1. The molecule has 6 nitrogen and oxygen atoms in total. The highest BCUT2D eigenvalue weighted by atomic mass is 16.6. The number of allylic oxidation sites excluding steroid dienone is 24. The lowest BCUT2D eigenvalue weighted by molar-refractivity contribution is -0.167. The summed E-state index contributed by atoms with van der Waals surface area (Å²) in [6.07, 6.45) is 98.6. The largest absolute Gasteiger partial charge is 0.462 e. The van der Waals surface area contributed by atoms with Crippen molar-refractivity contribution < 1.29 is 28.6 Å². The van der Waals surface area contributed by atoms with Gasteiger partial charge in [0.05, 0.1) is 0 Å². The zero-order valence-corrected chi connectivity index (χ0v) is 53.2. The second-order valence-corrected chi connectivity index (χ2v) is 22.0. The van der Waals surface area contributed by atoms with Crippen LogP contribution in [0.15, 0.2) is 146 Å². The molecule has 0 radical (unpaired) electrons. The van der Waals surface area contributed by atoms with Crippen LogP contribution < -0.4 is 0 Å². The molecule has 0 aliphatic carbocycles. The van der Waals surface area contributed by atoms with E-state index < -0.39 is 6.10 Å². The van der Waals surface area contributed by atoms with E-state index in [9.17, 15) is 14.4 Å². The molecule has 0 N–H and O–H groups in total. The summed E-state index contributed by atoms with van der Waals surface area (Å²) in [7, 11) is 0. The molecule has 0 aliphatic rings. The van der Waals surface area contributed by atoms with Gasteiger partial charge in [-0.05, 0) is 122 Å². The first-order valence-corrected chi connectivity index (χ1v) is 33.8. The summed E-state index contributed by atoms with van der Waals surface area (Å²) in [5.74, 6) is -0.901. The fourth-order valence-electron chi connectivity index (χ4n) is 9.10. The molecule has 1 unspecified atom stereocenters. The standard InChI is InChI=1S/C76H124O6/c1-4-7-10-13-16-19-22-24-26-28-30-32-33-34-35-36-37-38-39-40-41-42-43-45-46-48-50-52-54-57-60-63-66-69-75(78)81-72-73(71-80-74(77)68-65-62-59-56-21-18-15-12-9-6-3)82-76(79)70-67-64-61-58-55-53-51-49-47-44-31-29-27-25-23-20-17-14-11-8-5-2/h7-8,10-11,16-17,19-20,24-27,30-32,34-35,37-38,40-41,43-45,73H,4-6,9,12-15,18,21-23,28-29,33,36,39,42,46-72H2,1-3H3/b10-7-,11-8-,19-16-,20-17-,26-24-,27-25-,32-30-,35-34-,38-37-,41-40-,44-31-,45-43-. The van der Waals surface area contributed by atoms with E-state index in [1.54, 1.807) is 0 Å². The zero-order valence-electron chi connectivity index (χ0n) is 53.2. The van der Waals surface area contributed by atoms with Crippen molar-refractivity contribution in [1.82, 2.24) is 0 Å². The lowest BCUT2D eigenvalue weighted by Gasteiger charge is -2.18. The van der Waals surface area contributed by atoms with Crippen LogP contribution in [0.1, 0.15) is 297 Å². The van der Waals surface area contributed by atoms with Gasteiger partial charge in [-0.1, -0.05) is 301 Å². The van der Waals surface area contributed by atoms with Crippen LogP contribution in [0.2, 0.25) is 0 Å². The second-order valence-electron chi connectivity index (χ2n) is 22.0. The fraction of sp³-hybridized carbons (Fsp3) is 0.645. The van der Waals surface area contributed by atoms with Crippen LogP contribution >= 0.6 is 0 Å². The molecule has 0 aliphatic heterocycles. The molecule has 0 aromatic carbocycles. The fourth-order valence-corrected chi connectivity index (χ4v) is 9.10. The average molecular weight is 1130 g/mol. The summed E-state index contributed by atoms with van der Waals surface area (Å²) in [4.78, 5) is 38.3. The Morgan fingerprint density at radius 1 is 0.256 bits per heavy atom.